The molecule has 0 saturated heterocycles. The molecule has 0 spiro atoms. The second-order valence-electron chi connectivity index (χ2n) is 8.33. The summed E-state index contributed by atoms with van der Waals surface area (Å²) in [6.07, 6.45) is 2.11. The van der Waals surface area contributed by atoms with Crippen molar-refractivity contribution >= 4 is 5.65 Å². The fourth-order valence-electron chi connectivity index (χ4n) is 3.59. The van der Waals surface area contributed by atoms with Gasteiger partial charge in [-0.25, -0.2) is 9.50 Å². The van der Waals surface area contributed by atoms with Gasteiger partial charge in [-0.2, -0.15) is 0 Å². The lowest BCUT2D eigenvalue weighted by molar-refractivity contribution is 0.0897. The van der Waals surface area contributed by atoms with Crippen LogP contribution in [0, 0.1) is 12.8 Å². The molecule has 1 aliphatic rings. The average molecular weight is 396 g/mol. The average Bonchev–Trinajstić information content (AvgIpc) is 3.35. The molecule has 6 nitrogen and oxygen atoms in total. The fourth-order valence-corrected chi connectivity index (χ4v) is 3.59. The van der Waals surface area contributed by atoms with Crippen LogP contribution in [0.3, 0.4) is 0 Å². The van der Waals surface area contributed by atoms with Gasteiger partial charge in [0.2, 0.25) is 0 Å². The number of aromatic nitrogens is 3. The van der Waals surface area contributed by atoms with Crippen LogP contribution in [0.15, 0.2) is 30.3 Å². The van der Waals surface area contributed by atoms with Crippen LogP contribution in [0.25, 0.3) is 16.9 Å². The lowest BCUT2D eigenvalue weighted by Gasteiger charge is -2.13. The van der Waals surface area contributed by atoms with E-state index in [-0.39, 0.29) is 5.41 Å². The number of hydrogen-bond donors (Lipinski definition) is 0. The van der Waals surface area contributed by atoms with Crippen molar-refractivity contribution < 1.29 is 14.2 Å². The lowest BCUT2D eigenvalue weighted by atomic mass is 10.1. The monoisotopic (exact) mass is 395 g/mol. The highest BCUT2D eigenvalue weighted by Crippen LogP contribution is 2.47. The Hall–Kier alpha value is -2.60. The zero-order valence-corrected chi connectivity index (χ0v) is 17.9. The molecule has 1 aromatic carbocycles. The molecule has 6 heteroatoms. The third-order valence-electron chi connectivity index (χ3n) is 5.53. The van der Waals surface area contributed by atoms with E-state index in [2.05, 4.69) is 26.0 Å². The Labute approximate surface area is 171 Å². The summed E-state index contributed by atoms with van der Waals surface area (Å²) in [7, 11) is 3.36. The number of nitrogens with zero attached hydrogens (tertiary/aromatic N) is 3. The molecule has 154 valence electrons. The van der Waals surface area contributed by atoms with Gasteiger partial charge in [0.25, 0.3) is 0 Å². The first kappa shape index (κ1) is 19.7. The van der Waals surface area contributed by atoms with Gasteiger partial charge in [0.15, 0.2) is 17.2 Å². The van der Waals surface area contributed by atoms with Crippen molar-refractivity contribution in [2.24, 2.45) is 5.92 Å². The summed E-state index contributed by atoms with van der Waals surface area (Å²) >= 11 is 0. The summed E-state index contributed by atoms with van der Waals surface area (Å²) in [4.78, 5) is 4.88. The molecular formula is C23H29N3O3. The molecule has 29 heavy (non-hydrogen) atoms. The predicted molar refractivity (Wildman–Crippen MR) is 113 cm³/mol. The van der Waals surface area contributed by atoms with Gasteiger partial charge in [0.05, 0.1) is 31.9 Å². The predicted octanol–water partition coefficient (Wildman–Crippen LogP) is 4.43. The quantitative estimate of drug-likeness (QED) is 0.565. The third-order valence-corrected chi connectivity index (χ3v) is 5.53. The molecule has 0 bridgehead atoms. The second-order valence-corrected chi connectivity index (χ2v) is 8.33. The number of fused-ring (bicyclic) bond motifs is 1. The van der Waals surface area contributed by atoms with Gasteiger partial charge in [0.1, 0.15) is 5.75 Å². The van der Waals surface area contributed by atoms with E-state index >= 15 is 0 Å². The van der Waals surface area contributed by atoms with E-state index in [1.54, 1.807) is 14.2 Å². The largest absolute Gasteiger partial charge is 0.496 e. The van der Waals surface area contributed by atoms with Crippen molar-refractivity contribution in [1.82, 2.24) is 14.6 Å². The van der Waals surface area contributed by atoms with E-state index < -0.39 is 0 Å². The highest BCUT2D eigenvalue weighted by atomic mass is 16.5. The Bertz CT molecular complexity index is 1020. The number of pyridine rings is 1. The van der Waals surface area contributed by atoms with E-state index in [0.717, 1.165) is 53.5 Å². The molecule has 0 atom stereocenters. The van der Waals surface area contributed by atoms with E-state index in [4.69, 9.17) is 24.3 Å². The number of ether oxygens (including phenoxy) is 3. The van der Waals surface area contributed by atoms with Gasteiger partial charge in [-0.05, 0) is 49.4 Å². The number of aryl methyl sites for hydroxylation is 1. The molecule has 4 rings (SSSR count). The summed E-state index contributed by atoms with van der Waals surface area (Å²) in [5.74, 6) is 2.92. The highest BCUT2D eigenvalue weighted by Gasteiger charge is 2.48. The van der Waals surface area contributed by atoms with Gasteiger partial charge in [-0.3, -0.25) is 0 Å². The smallest absolute Gasteiger partial charge is 0.198 e. The van der Waals surface area contributed by atoms with Gasteiger partial charge < -0.3 is 14.2 Å². The lowest BCUT2D eigenvalue weighted by Crippen LogP contribution is -2.19. The van der Waals surface area contributed by atoms with Gasteiger partial charge in [-0.15, -0.1) is 5.10 Å². The molecule has 0 aliphatic heterocycles. The summed E-state index contributed by atoms with van der Waals surface area (Å²) in [5, 5.41) is 4.91. The molecule has 0 unspecified atom stereocenters. The Balaban J connectivity index is 1.76. The highest BCUT2D eigenvalue weighted by molar-refractivity contribution is 5.69. The van der Waals surface area contributed by atoms with E-state index in [1.165, 1.54) is 0 Å². The Morgan fingerprint density at radius 3 is 2.48 bits per heavy atom. The van der Waals surface area contributed by atoms with Gasteiger partial charge in [0, 0.05) is 12.2 Å². The molecular weight excluding hydrogens is 366 g/mol. The third kappa shape index (κ3) is 3.69. The number of methoxy groups -OCH3 is 2. The Kier molecular flexibility index (Phi) is 5.21. The zero-order valence-electron chi connectivity index (χ0n) is 17.9. The van der Waals surface area contributed by atoms with Gasteiger partial charge >= 0.3 is 0 Å². The fraction of sp³-hybridized carbons (Fsp3) is 0.478. The first-order valence-electron chi connectivity index (χ1n) is 10.1. The zero-order chi connectivity index (χ0) is 20.6. The van der Waals surface area contributed by atoms with Crippen molar-refractivity contribution in [3.05, 3.63) is 41.7 Å². The standard InChI is InChI=1S/C23H29N3O3/c1-15(2)13-29-14-23(10-11-23)22-24-21-19(27-4)9-8-18(26(21)25-22)17-7-6-16(3)20(12-17)28-5/h6-9,12,15H,10-11,13-14H2,1-5H3. The van der Waals surface area contributed by atoms with Crippen molar-refractivity contribution in [2.75, 3.05) is 27.4 Å². The molecule has 0 N–H and O–H groups in total. The Morgan fingerprint density at radius 2 is 1.83 bits per heavy atom. The maximum Gasteiger partial charge on any atom is 0.198 e. The van der Waals surface area contributed by atoms with Crippen molar-refractivity contribution in [3.63, 3.8) is 0 Å². The van der Waals surface area contributed by atoms with Crippen LogP contribution in [0.5, 0.6) is 11.5 Å². The molecule has 2 heterocycles. The Morgan fingerprint density at radius 1 is 1.07 bits per heavy atom. The molecule has 1 saturated carbocycles. The summed E-state index contributed by atoms with van der Waals surface area (Å²) in [6.45, 7) is 7.78. The number of hydrogen-bond acceptors (Lipinski definition) is 5. The molecule has 2 aromatic heterocycles. The number of rotatable bonds is 8. The van der Waals surface area contributed by atoms with Crippen LogP contribution in [0.1, 0.15) is 38.1 Å². The van der Waals surface area contributed by atoms with Gasteiger partial charge in [-0.1, -0.05) is 26.0 Å². The van der Waals surface area contributed by atoms with Crippen LogP contribution in [0.4, 0.5) is 0 Å². The minimum atomic E-state index is -0.0752. The van der Waals surface area contributed by atoms with E-state index in [0.29, 0.717) is 18.3 Å². The molecule has 1 fully saturated rings. The SMILES string of the molecule is COc1cc(-c2ccc(OC)c3nc(C4(COCC(C)C)CC4)nn23)ccc1C. The van der Waals surface area contributed by atoms with Crippen LogP contribution < -0.4 is 9.47 Å². The molecule has 0 amide bonds. The summed E-state index contributed by atoms with van der Waals surface area (Å²) in [5.41, 5.74) is 3.73. The minimum Gasteiger partial charge on any atom is -0.496 e. The van der Waals surface area contributed by atoms with Crippen LogP contribution >= 0.6 is 0 Å². The minimum absolute atomic E-state index is 0.0752. The van der Waals surface area contributed by atoms with Crippen molar-refractivity contribution in [2.45, 2.75) is 39.0 Å². The maximum atomic E-state index is 5.95. The normalized spacial score (nSPS) is 15.1. The first-order valence-corrected chi connectivity index (χ1v) is 10.1. The molecule has 0 radical (unpaired) electrons. The van der Waals surface area contributed by atoms with Crippen molar-refractivity contribution in [1.29, 1.82) is 0 Å². The second kappa shape index (κ2) is 7.67. The summed E-state index contributed by atoms with van der Waals surface area (Å²) in [6, 6.07) is 10.1. The van der Waals surface area contributed by atoms with E-state index in [1.807, 2.05) is 29.6 Å². The van der Waals surface area contributed by atoms with Crippen LogP contribution in [-0.2, 0) is 10.2 Å². The number of benzene rings is 1. The van der Waals surface area contributed by atoms with Crippen LogP contribution in [-0.4, -0.2) is 42.0 Å². The summed E-state index contributed by atoms with van der Waals surface area (Å²) < 4.78 is 18.9. The topological polar surface area (TPSA) is 57.9 Å². The molecule has 3 aromatic rings. The maximum absolute atomic E-state index is 5.95. The van der Waals surface area contributed by atoms with E-state index in [9.17, 15) is 0 Å². The first-order chi connectivity index (χ1) is 14.0. The molecule has 1 aliphatic carbocycles. The van der Waals surface area contributed by atoms with Crippen LogP contribution in [0.2, 0.25) is 0 Å². The van der Waals surface area contributed by atoms with Crippen molar-refractivity contribution in [3.8, 4) is 22.8 Å².